The van der Waals surface area contributed by atoms with E-state index < -0.39 is 0 Å². The van der Waals surface area contributed by atoms with E-state index in [9.17, 15) is 9.59 Å². The van der Waals surface area contributed by atoms with E-state index in [0.717, 1.165) is 29.7 Å². The van der Waals surface area contributed by atoms with Crippen LogP contribution < -0.4 is 10.6 Å². The summed E-state index contributed by atoms with van der Waals surface area (Å²) in [5.74, 6) is -0.175. The molecule has 2 N–H and O–H groups in total. The van der Waals surface area contributed by atoms with Crippen molar-refractivity contribution in [3.8, 4) is 0 Å². The average Bonchev–Trinajstić information content (AvgIpc) is 2.96. The smallest absolute Gasteiger partial charge is 0.254 e. The van der Waals surface area contributed by atoms with Gasteiger partial charge in [-0.2, -0.15) is 0 Å². The van der Waals surface area contributed by atoms with Crippen LogP contribution in [0.2, 0.25) is 0 Å². The van der Waals surface area contributed by atoms with Crippen LogP contribution in [0.25, 0.3) is 0 Å². The van der Waals surface area contributed by atoms with Gasteiger partial charge in [0, 0.05) is 17.8 Å². The van der Waals surface area contributed by atoms with Crippen LogP contribution in [0.3, 0.4) is 0 Å². The van der Waals surface area contributed by atoms with Crippen LogP contribution in [0.1, 0.15) is 60.3 Å². The molecule has 110 valence electrons. The van der Waals surface area contributed by atoms with Crippen LogP contribution in [0.15, 0.2) is 0 Å². The van der Waals surface area contributed by atoms with Crippen LogP contribution in [-0.2, 0) is 11.2 Å². The fraction of sp³-hybridized carbons (Fsp3) is 0.600. The van der Waals surface area contributed by atoms with E-state index in [0.29, 0.717) is 10.6 Å². The molecule has 1 saturated carbocycles. The molecule has 20 heavy (non-hydrogen) atoms. The lowest BCUT2D eigenvalue weighted by Gasteiger charge is -2.13. The summed E-state index contributed by atoms with van der Waals surface area (Å²) in [7, 11) is 0. The van der Waals surface area contributed by atoms with E-state index >= 15 is 0 Å². The second kappa shape index (κ2) is 6.39. The van der Waals surface area contributed by atoms with Crippen molar-refractivity contribution in [1.82, 2.24) is 5.32 Å². The lowest BCUT2D eigenvalue weighted by atomic mass is 10.1. The first-order valence-electron chi connectivity index (χ1n) is 7.23. The minimum Gasteiger partial charge on any atom is -0.349 e. The molecule has 1 aliphatic rings. The average molecular weight is 294 g/mol. The fourth-order valence-corrected chi connectivity index (χ4v) is 4.01. The van der Waals surface area contributed by atoms with Gasteiger partial charge in [-0.15, -0.1) is 11.3 Å². The monoisotopic (exact) mass is 294 g/mol. The van der Waals surface area contributed by atoms with Gasteiger partial charge in [0.15, 0.2) is 0 Å². The second-order valence-corrected chi connectivity index (χ2v) is 6.56. The van der Waals surface area contributed by atoms with Gasteiger partial charge in [0.2, 0.25) is 5.91 Å². The number of amides is 2. The molecule has 0 unspecified atom stereocenters. The molecule has 0 atom stereocenters. The van der Waals surface area contributed by atoms with Gasteiger partial charge >= 0.3 is 0 Å². The van der Waals surface area contributed by atoms with Crippen molar-refractivity contribution < 1.29 is 9.59 Å². The maximum Gasteiger partial charge on any atom is 0.254 e. The van der Waals surface area contributed by atoms with Crippen LogP contribution in [0.4, 0.5) is 5.00 Å². The predicted molar refractivity (Wildman–Crippen MR) is 82.5 cm³/mol. The number of aryl methyl sites for hydroxylation is 1. The molecule has 1 aromatic heterocycles. The largest absolute Gasteiger partial charge is 0.349 e. The van der Waals surface area contributed by atoms with Crippen molar-refractivity contribution in [2.45, 2.75) is 58.9 Å². The minimum absolute atomic E-state index is 0.0400. The fourth-order valence-electron chi connectivity index (χ4n) is 2.82. The Morgan fingerprint density at radius 3 is 2.50 bits per heavy atom. The molecule has 1 fully saturated rings. The van der Waals surface area contributed by atoms with Gasteiger partial charge in [-0.3, -0.25) is 9.59 Å². The summed E-state index contributed by atoms with van der Waals surface area (Å²) < 4.78 is 0. The summed E-state index contributed by atoms with van der Waals surface area (Å²) >= 11 is 1.49. The molecule has 0 aromatic carbocycles. The van der Waals surface area contributed by atoms with Crippen molar-refractivity contribution >= 4 is 28.2 Å². The van der Waals surface area contributed by atoms with Gasteiger partial charge < -0.3 is 10.6 Å². The predicted octanol–water partition coefficient (Wildman–Crippen LogP) is 3.25. The number of carbonyl (C=O) groups excluding carboxylic acids is 2. The van der Waals surface area contributed by atoms with E-state index in [4.69, 9.17) is 0 Å². The first-order chi connectivity index (χ1) is 9.52. The SMILES string of the molecule is CCc1c(C)sc(NC(C)=O)c1C(=O)NC1CCCC1. The van der Waals surface area contributed by atoms with Crippen molar-refractivity contribution in [3.63, 3.8) is 0 Å². The Morgan fingerprint density at radius 1 is 1.30 bits per heavy atom. The number of rotatable bonds is 4. The molecule has 0 radical (unpaired) electrons. The van der Waals surface area contributed by atoms with Crippen molar-refractivity contribution in [2.75, 3.05) is 5.32 Å². The zero-order chi connectivity index (χ0) is 14.7. The molecule has 5 heteroatoms. The molecule has 0 spiro atoms. The minimum atomic E-state index is -0.135. The van der Waals surface area contributed by atoms with Gasteiger partial charge in [0.25, 0.3) is 5.91 Å². The number of carbonyl (C=O) groups is 2. The Hall–Kier alpha value is -1.36. The molecule has 2 rings (SSSR count). The lowest BCUT2D eigenvalue weighted by molar-refractivity contribution is -0.114. The molecule has 0 aliphatic heterocycles. The third kappa shape index (κ3) is 3.20. The van der Waals surface area contributed by atoms with Crippen LogP contribution in [-0.4, -0.2) is 17.9 Å². The Balaban J connectivity index is 2.26. The highest BCUT2D eigenvalue weighted by Gasteiger charge is 2.24. The maximum atomic E-state index is 12.5. The summed E-state index contributed by atoms with van der Waals surface area (Å²) in [4.78, 5) is 25.0. The van der Waals surface area contributed by atoms with Crippen molar-refractivity contribution in [2.24, 2.45) is 0 Å². The second-order valence-electron chi connectivity index (χ2n) is 5.33. The lowest BCUT2D eigenvalue weighted by Crippen LogP contribution is -2.33. The first kappa shape index (κ1) is 15.0. The van der Waals surface area contributed by atoms with Gasteiger partial charge in [-0.1, -0.05) is 19.8 Å². The quantitative estimate of drug-likeness (QED) is 0.895. The van der Waals surface area contributed by atoms with E-state index in [1.165, 1.54) is 31.1 Å². The molecule has 0 saturated heterocycles. The van der Waals surface area contributed by atoms with Gasteiger partial charge in [0.05, 0.1) is 5.56 Å². The number of nitrogens with one attached hydrogen (secondary N) is 2. The summed E-state index contributed by atoms with van der Waals surface area (Å²) in [6.45, 7) is 5.51. The van der Waals surface area contributed by atoms with Gasteiger partial charge in [0.1, 0.15) is 5.00 Å². The zero-order valence-corrected chi connectivity index (χ0v) is 13.2. The molecule has 1 aliphatic carbocycles. The molecule has 0 bridgehead atoms. The standard InChI is InChI=1S/C15H22N2O2S/c1-4-12-9(2)20-15(16-10(3)18)13(12)14(19)17-11-7-5-6-8-11/h11H,4-8H2,1-3H3,(H,16,18)(H,17,19). The van der Waals surface area contributed by atoms with Crippen molar-refractivity contribution in [1.29, 1.82) is 0 Å². The Kier molecular flexibility index (Phi) is 4.81. The van der Waals surface area contributed by atoms with Crippen molar-refractivity contribution in [3.05, 3.63) is 16.0 Å². The topological polar surface area (TPSA) is 58.2 Å². The Morgan fingerprint density at radius 2 is 1.95 bits per heavy atom. The first-order valence-corrected chi connectivity index (χ1v) is 8.05. The van der Waals surface area contributed by atoms with E-state index in [1.807, 2.05) is 13.8 Å². The van der Waals surface area contributed by atoms with E-state index in [1.54, 1.807) is 0 Å². The third-order valence-corrected chi connectivity index (χ3v) is 4.83. The normalized spacial score (nSPS) is 15.3. The maximum absolute atomic E-state index is 12.5. The van der Waals surface area contributed by atoms with Gasteiger partial charge in [-0.25, -0.2) is 0 Å². The zero-order valence-electron chi connectivity index (χ0n) is 12.3. The molecule has 4 nitrogen and oxygen atoms in total. The number of anilines is 1. The molecular formula is C15H22N2O2S. The molecule has 1 heterocycles. The molecule has 1 aromatic rings. The Labute approximate surface area is 124 Å². The summed E-state index contributed by atoms with van der Waals surface area (Å²) in [5.41, 5.74) is 1.71. The summed E-state index contributed by atoms with van der Waals surface area (Å²) in [6.07, 6.45) is 5.30. The number of hydrogen-bond acceptors (Lipinski definition) is 3. The summed E-state index contributed by atoms with van der Waals surface area (Å²) in [6, 6.07) is 0.289. The highest BCUT2D eigenvalue weighted by molar-refractivity contribution is 7.16. The van der Waals surface area contributed by atoms with Crippen LogP contribution >= 0.6 is 11.3 Å². The molecule has 2 amide bonds. The highest BCUT2D eigenvalue weighted by Crippen LogP contribution is 2.33. The third-order valence-electron chi connectivity index (χ3n) is 3.77. The molecular weight excluding hydrogens is 272 g/mol. The van der Waals surface area contributed by atoms with Crippen LogP contribution in [0, 0.1) is 6.92 Å². The number of hydrogen-bond donors (Lipinski definition) is 2. The Bertz CT molecular complexity index is 516. The highest BCUT2D eigenvalue weighted by atomic mass is 32.1. The van der Waals surface area contributed by atoms with Gasteiger partial charge in [-0.05, 0) is 31.7 Å². The van der Waals surface area contributed by atoms with Crippen LogP contribution in [0.5, 0.6) is 0 Å². The van der Waals surface area contributed by atoms with E-state index in [-0.39, 0.29) is 17.9 Å². The number of thiophene rings is 1. The summed E-state index contributed by atoms with van der Waals surface area (Å²) in [5, 5.41) is 6.59. The van der Waals surface area contributed by atoms with E-state index in [2.05, 4.69) is 10.6 Å².